The third kappa shape index (κ3) is 6.40. The molecule has 0 aromatic carbocycles. The van der Waals surface area contributed by atoms with Gasteiger partial charge < -0.3 is 15.8 Å². The van der Waals surface area contributed by atoms with Crippen molar-refractivity contribution < 1.29 is 22.7 Å². The van der Waals surface area contributed by atoms with E-state index in [1.54, 1.807) is 11.8 Å². The zero-order valence-corrected chi connectivity index (χ0v) is 13.0. The molecule has 1 atom stereocenters. The molecule has 0 radical (unpaired) electrons. The molecule has 0 aliphatic carbocycles. The molecule has 21 heavy (non-hydrogen) atoms. The van der Waals surface area contributed by atoms with Crippen LogP contribution in [-0.2, 0) is 24.2 Å². The molecule has 0 aromatic heterocycles. The number of nitrogens with two attached hydrogens (primary N) is 1. The van der Waals surface area contributed by atoms with Gasteiger partial charge >= 0.3 is 5.97 Å². The third-order valence-corrected chi connectivity index (χ3v) is 4.89. The number of sulfone groups is 1. The lowest BCUT2D eigenvalue weighted by Crippen LogP contribution is -2.56. The molecule has 3 N–H and O–H groups in total. The Balaban J connectivity index is 2.54. The Kier molecular flexibility index (Phi) is 7.06. The number of carbonyl (C=O) groups excluding carboxylic acids is 2. The summed E-state index contributed by atoms with van der Waals surface area (Å²) >= 11 is 0. The van der Waals surface area contributed by atoms with E-state index in [9.17, 15) is 18.0 Å². The molecular weight excluding hydrogens is 298 g/mol. The summed E-state index contributed by atoms with van der Waals surface area (Å²) in [4.78, 5) is 24.3. The molecule has 9 heteroatoms. The predicted molar refractivity (Wildman–Crippen MR) is 77.3 cm³/mol. The van der Waals surface area contributed by atoms with Gasteiger partial charge in [-0.1, -0.05) is 0 Å². The van der Waals surface area contributed by atoms with Crippen molar-refractivity contribution in [2.24, 2.45) is 5.73 Å². The fourth-order valence-electron chi connectivity index (χ4n) is 2.10. The molecule has 1 amide bonds. The second kappa shape index (κ2) is 8.30. The largest absolute Gasteiger partial charge is 0.465 e. The third-order valence-electron chi connectivity index (χ3n) is 3.26. The van der Waals surface area contributed by atoms with Crippen molar-refractivity contribution in [3.05, 3.63) is 0 Å². The summed E-state index contributed by atoms with van der Waals surface area (Å²) < 4.78 is 28.6. The summed E-state index contributed by atoms with van der Waals surface area (Å²) in [5.41, 5.74) is 4.95. The number of rotatable bonds is 8. The van der Waals surface area contributed by atoms with Crippen molar-refractivity contribution in [1.82, 2.24) is 10.2 Å². The van der Waals surface area contributed by atoms with Gasteiger partial charge in [0.1, 0.15) is 6.04 Å². The topological polar surface area (TPSA) is 119 Å². The Morgan fingerprint density at radius 1 is 1.38 bits per heavy atom. The average molecular weight is 321 g/mol. The Bertz CT molecular complexity index is 466. The van der Waals surface area contributed by atoms with Gasteiger partial charge in [0, 0.05) is 32.6 Å². The van der Waals surface area contributed by atoms with Crippen molar-refractivity contribution in [2.75, 3.05) is 44.3 Å². The molecule has 1 aliphatic heterocycles. The monoisotopic (exact) mass is 321 g/mol. The maximum Gasteiger partial charge on any atom is 0.324 e. The van der Waals surface area contributed by atoms with E-state index in [2.05, 4.69) is 5.32 Å². The summed E-state index contributed by atoms with van der Waals surface area (Å²) in [6.45, 7) is 3.98. The molecular formula is C12H23N3O5S. The number of esters is 1. The van der Waals surface area contributed by atoms with Crippen molar-refractivity contribution in [3.8, 4) is 0 Å². The van der Waals surface area contributed by atoms with E-state index >= 15 is 0 Å². The number of primary amides is 1. The summed E-state index contributed by atoms with van der Waals surface area (Å²) in [7, 11) is -3.35. The Labute approximate surface area is 124 Å². The highest BCUT2D eigenvalue weighted by molar-refractivity contribution is 7.91. The average Bonchev–Trinajstić information content (AvgIpc) is 2.44. The maximum absolute atomic E-state index is 11.8. The van der Waals surface area contributed by atoms with E-state index in [0.717, 1.165) is 0 Å². The van der Waals surface area contributed by atoms with Gasteiger partial charge in [0.25, 0.3) is 0 Å². The van der Waals surface area contributed by atoms with Crippen molar-refractivity contribution in [2.45, 2.75) is 19.4 Å². The van der Waals surface area contributed by atoms with Crippen LogP contribution in [0.3, 0.4) is 0 Å². The Hall–Kier alpha value is -1.19. The lowest BCUT2D eigenvalue weighted by molar-refractivity contribution is -0.150. The molecule has 0 saturated carbocycles. The van der Waals surface area contributed by atoms with Gasteiger partial charge in [-0.25, -0.2) is 8.42 Å². The Morgan fingerprint density at radius 2 is 2.10 bits per heavy atom. The molecule has 1 unspecified atom stereocenters. The zero-order chi connectivity index (χ0) is 15.9. The van der Waals surface area contributed by atoms with Gasteiger partial charge in [-0.05, 0) is 6.92 Å². The zero-order valence-electron chi connectivity index (χ0n) is 12.2. The van der Waals surface area contributed by atoms with Crippen molar-refractivity contribution in [3.63, 3.8) is 0 Å². The van der Waals surface area contributed by atoms with Crippen LogP contribution in [0.2, 0.25) is 0 Å². The molecule has 0 bridgehead atoms. The first kappa shape index (κ1) is 17.9. The van der Waals surface area contributed by atoms with Crippen LogP contribution in [0.4, 0.5) is 0 Å². The summed E-state index contributed by atoms with van der Waals surface area (Å²) in [5, 5.41) is 3.09. The lowest BCUT2D eigenvalue weighted by Gasteiger charge is -2.34. The van der Waals surface area contributed by atoms with E-state index in [4.69, 9.17) is 10.5 Å². The van der Waals surface area contributed by atoms with Gasteiger partial charge in [-0.2, -0.15) is 0 Å². The molecule has 1 fully saturated rings. The van der Waals surface area contributed by atoms with E-state index < -0.39 is 21.8 Å². The van der Waals surface area contributed by atoms with Crippen LogP contribution in [0.5, 0.6) is 0 Å². The fourth-order valence-corrected chi connectivity index (χ4v) is 3.33. The minimum atomic E-state index is -3.35. The van der Waals surface area contributed by atoms with E-state index in [-0.39, 0.29) is 30.4 Å². The van der Waals surface area contributed by atoms with Gasteiger partial charge in [0.2, 0.25) is 5.91 Å². The van der Waals surface area contributed by atoms with E-state index in [0.29, 0.717) is 26.2 Å². The predicted octanol–water partition coefficient (Wildman–Crippen LogP) is -1.89. The molecule has 1 heterocycles. The van der Waals surface area contributed by atoms with E-state index in [1.807, 2.05) is 0 Å². The Morgan fingerprint density at radius 3 is 2.71 bits per heavy atom. The highest BCUT2D eigenvalue weighted by Crippen LogP contribution is 2.07. The standard InChI is InChI=1S/C12H23N3O5S/c1-2-20-12(17)10-9-14-4-5-15(10)6-8-21(18,19)7-3-11(13)16/h10,14H,2-9H2,1H3,(H2,13,16). The first-order chi connectivity index (χ1) is 9.85. The van der Waals surface area contributed by atoms with Crippen LogP contribution in [0.1, 0.15) is 13.3 Å². The quantitative estimate of drug-likeness (QED) is 0.502. The van der Waals surface area contributed by atoms with E-state index in [1.165, 1.54) is 0 Å². The SMILES string of the molecule is CCOC(=O)C1CNCCN1CCS(=O)(=O)CCC(N)=O. The second-order valence-electron chi connectivity index (χ2n) is 4.88. The van der Waals surface area contributed by atoms with Crippen molar-refractivity contribution >= 4 is 21.7 Å². The minimum absolute atomic E-state index is 0.101. The smallest absolute Gasteiger partial charge is 0.324 e. The number of hydrogen-bond donors (Lipinski definition) is 2. The number of hydrogen-bond acceptors (Lipinski definition) is 7. The van der Waals surface area contributed by atoms with Gasteiger partial charge in [-0.15, -0.1) is 0 Å². The molecule has 8 nitrogen and oxygen atoms in total. The first-order valence-corrected chi connectivity index (χ1v) is 8.78. The minimum Gasteiger partial charge on any atom is -0.465 e. The van der Waals surface area contributed by atoms with Crippen LogP contribution in [-0.4, -0.2) is 75.5 Å². The molecule has 122 valence electrons. The molecule has 1 saturated heterocycles. The summed E-state index contributed by atoms with van der Waals surface area (Å²) in [5.74, 6) is -1.33. The van der Waals surface area contributed by atoms with Gasteiger partial charge in [0.05, 0.1) is 18.1 Å². The highest BCUT2D eigenvalue weighted by Gasteiger charge is 2.30. The van der Waals surface area contributed by atoms with Crippen LogP contribution in [0.15, 0.2) is 0 Å². The lowest BCUT2D eigenvalue weighted by atomic mass is 10.2. The van der Waals surface area contributed by atoms with Crippen LogP contribution >= 0.6 is 0 Å². The number of amides is 1. The molecule has 0 spiro atoms. The summed E-state index contributed by atoms with van der Waals surface area (Å²) in [6.07, 6.45) is -0.175. The first-order valence-electron chi connectivity index (χ1n) is 6.96. The van der Waals surface area contributed by atoms with Crippen LogP contribution in [0, 0.1) is 0 Å². The number of ether oxygens (including phenoxy) is 1. The number of nitrogens with one attached hydrogen (secondary N) is 1. The normalized spacial score (nSPS) is 20.1. The van der Waals surface area contributed by atoms with Gasteiger partial charge in [-0.3, -0.25) is 14.5 Å². The molecule has 1 rings (SSSR count). The summed E-state index contributed by atoms with van der Waals surface area (Å²) in [6, 6.07) is -0.468. The highest BCUT2D eigenvalue weighted by atomic mass is 32.2. The molecule has 1 aliphatic rings. The van der Waals surface area contributed by atoms with Crippen molar-refractivity contribution in [1.29, 1.82) is 0 Å². The van der Waals surface area contributed by atoms with Gasteiger partial charge in [0.15, 0.2) is 9.84 Å². The van der Waals surface area contributed by atoms with Crippen LogP contribution in [0.25, 0.3) is 0 Å². The molecule has 0 aromatic rings. The second-order valence-corrected chi connectivity index (χ2v) is 7.18. The maximum atomic E-state index is 11.8. The number of carbonyl (C=O) groups is 2. The number of piperazine rings is 1. The van der Waals surface area contributed by atoms with Crippen LogP contribution < -0.4 is 11.1 Å². The number of nitrogens with zero attached hydrogens (tertiary/aromatic N) is 1. The fraction of sp³-hybridized carbons (Fsp3) is 0.833.